The highest BCUT2D eigenvalue weighted by atomic mass is 32.2. The molecule has 1 aliphatic rings. The first-order chi connectivity index (χ1) is 17.5. The Morgan fingerprint density at radius 1 is 1.00 bits per heavy atom. The second kappa shape index (κ2) is 11.9. The smallest absolute Gasteiger partial charge is 0.302 e. The highest BCUT2D eigenvalue weighted by Crippen LogP contribution is 2.29. The van der Waals surface area contributed by atoms with Gasteiger partial charge in [-0.15, -0.1) is 0 Å². The molecule has 0 fully saturated rings. The molecule has 1 N–H and O–H groups in total. The van der Waals surface area contributed by atoms with Crippen molar-refractivity contribution in [3.05, 3.63) is 65.2 Å². The average Bonchev–Trinajstić information content (AvgIpc) is 2.89. The molecule has 2 aromatic carbocycles. The van der Waals surface area contributed by atoms with E-state index in [9.17, 15) is 22.8 Å². The van der Waals surface area contributed by atoms with Crippen LogP contribution in [0.2, 0.25) is 0 Å². The van der Waals surface area contributed by atoms with E-state index < -0.39 is 39.4 Å². The van der Waals surface area contributed by atoms with Crippen LogP contribution in [-0.2, 0) is 46.8 Å². The van der Waals surface area contributed by atoms with E-state index in [0.717, 1.165) is 11.1 Å². The van der Waals surface area contributed by atoms with E-state index in [1.807, 2.05) is 32.0 Å². The summed E-state index contributed by atoms with van der Waals surface area (Å²) in [6.45, 7) is 5.71. The molecule has 1 atom stereocenters. The molecule has 200 valence electrons. The Kier molecular flexibility index (Phi) is 9.09. The molecule has 1 heterocycles. The fourth-order valence-corrected chi connectivity index (χ4v) is 5.98. The molecular weight excluding hydrogens is 496 g/mol. The lowest BCUT2D eigenvalue weighted by Gasteiger charge is -2.35. The molecule has 9 nitrogen and oxygen atoms in total. The predicted molar refractivity (Wildman–Crippen MR) is 137 cm³/mol. The maximum absolute atomic E-state index is 13.9. The van der Waals surface area contributed by atoms with Gasteiger partial charge in [-0.3, -0.25) is 14.4 Å². The van der Waals surface area contributed by atoms with E-state index in [0.29, 0.717) is 12.0 Å². The number of aryl methyl sites for hydroxylation is 1. The molecule has 0 spiro atoms. The summed E-state index contributed by atoms with van der Waals surface area (Å²) in [7, 11) is -4.07. The van der Waals surface area contributed by atoms with Crippen molar-refractivity contribution < 1.29 is 32.3 Å². The summed E-state index contributed by atoms with van der Waals surface area (Å²) < 4.78 is 39.7. The van der Waals surface area contributed by atoms with E-state index in [2.05, 4.69) is 5.32 Å². The number of amides is 1. The lowest BCUT2D eigenvalue weighted by Crippen LogP contribution is -2.61. The minimum atomic E-state index is -4.07. The first kappa shape index (κ1) is 28.3. The highest BCUT2D eigenvalue weighted by molar-refractivity contribution is 7.89. The van der Waals surface area contributed by atoms with Crippen LogP contribution in [0.1, 0.15) is 50.3 Å². The molecule has 0 unspecified atom stereocenters. The molecule has 0 bridgehead atoms. The van der Waals surface area contributed by atoms with Gasteiger partial charge >= 0.3 is 11.9 Å². The number of esters is 2. The van der Waals surface area contributed by atoms with Crippen molar-refractivity contribution in [3.8, 4) is 0 Å². The maximum Gasteiger partial charge on any atom is 0.302 e. The van der Waals surface area contributed by atoms with E-state index >= 15 is 0 Å². The number of nitrogens with zero attached hydrogens (tertiary/aromatic N) is 1. The lowest BCUT2D eigenvalue weighted by molar-refractivity contribution is -0.150. The molecule has 0 saturated heterocycles. The Balaban J connectivity index is 2.17. The van der Waals surface area contributed by atoms with Crippen LogP contribution < -0.4 is 5.32 Å². The van der Waals surface area contributed by atoms with Crippen LogP contribution in [0.5, 0.6) is 0 Å². The fraction of sp³-hybridized carbons (Fsp3) is 0.444. The fourth-order valence-electron chi connectivity index (χ4n) is 4.39. The Morgan fingerprint density at radius 2 is 1.57 bits per heavy atom. The van der Waals surface area contributed by atoms with Gasteiger partial charge in [0.1, 0.15) is 24.8 Å². The molecule has 1 aliphatic heterocycles. The first-order valence-corrected chi connectivity index (χ1v) is 13.7. The summed E-state index contributed by atoms with van der Waals surface area (Å²) >= 11 is 0. The number of rotatable bonds is 8. The minimum absolute atomic E-state index is 0.0261. The molecule has 37 heavy (non-hydrogen) atoms. The molecule has 0 saturated carbocycles. The third-order valence-electron chi connectivity index (χ3n) is 6.31. The van der Waals surface area contributed by atoms with Gasteiger partial charge < -0.3 is 14.8 Å². The molecule has 1 amide bonds. The summed E-state index contributed by atoms with van der Waals surface area (Å²) in [5, 5.41) is 2.92. The number of fused-ring (bicyclic) bond motifs is 1. The molecule has 10 heteroatoms. The number of ether oxygens (including phenoxy) is 2. The van der Waals surface area contributed by atoms with E-state index in [1.165, 1.54) is 30.3 Å². The van der Waals surface area contributed by atoms with E-state index in [-0.39, 0.29) is 37.5 Å². The van der Waals surface area contributed by atoms with Crippen molar-refractivity contribution in [3.63, 3.8) is 0 Å². The van der Waals surface area contributed by atoms with Gasteiger partial charge in [0.2, 0.25) is 15.9 Å². The van der Waals surface area contributed by atoms with Gasteiger partial charge in [0.05, 0.1) is 4.90 Å². The van der Waals surface area contributed by atoms with Crippen LogP contribution in [-0.4, -0.2) is 55.4 Å². The van der Waals surface area contributed by atoms with Crippen molar-refractivity contribution >= 4 is 27.9 Å². The number of hydrogen-bond acceptors (Lipinski definition) is 7. The second-order valence-electron chi connectivity index (χ2n) is 9.44. The van der Waals surface area contributed by atoms with Crippen LogP contribution in [0.3, 0.4) is 0 Å². The van der Waals surface area contributed by atoms with Crippen LogP contribution in [0.15, 0.2) is 53.4 Å². The third-order valence-corrected chi connectivity index (χ3v) is 8.17. The zero-order valence-corrected chi connectivity index (χ0v) is 22.5. The summed E-state index contributed by atoms with van der Waals surface area (Å²) in [6, 6.07) is 12.7. The van der Waals surface area contributed by atoms with Gasteiger partial charge in [-0.05, 0) is 36.6 Å². The molecule has 2 aromatic rings. The predicted octanol–water partition coefficient (Wildman–Crippen LogP) is 2.89. The monoisotopic (exact) mass is 530 g/mol. The van der Waals surface area contributed by atoms with Crippen molar-refractivity contribution in [1.82, 2.24) is 9.62 Å². The zero-order valence-electron chi connectivity index (χ0n) is 21.7. The summed E-state index contributed by atoms with van der Waals surface area (Å²) in [6.07, 6.45) is 0.962. The average molecular weight is 531 g/mol. The van der Waals surface area contributed by atoms with Crippen LogP contribution in [0.4, 0.5) is 0 Å². The van der Waals surface area contributed by atoms with Gasteiger partial charge in [0.15, 0.2) is 0 Å². The quantitative estimate of drug-likeness (QED) is 0.521. The van der Waals surface area contributed by atoms with Gasteiger partial charge in [0, 0.05) is 26.8 Å². The standard InChI is InChI=1S/C27H34N2O7S/c1-5-8-25-26(32)28-27(17-35-20(3)30,18-36-21(4)31)15-22-9-6-7-10-23(22)16-29(25)37(33,34)24-13-11-19(2)12-14-24/h6-7,9-14,25H,5,8,15-18H2,1-4H3,(H,28,32)/t25-/m0/s1. The van der Waals surface area contributed by atoms with Crippen molar-refractivity contribution in [2.24, 2.45) is 0 Å². The summed E-state index contributed by atoms with van der Waals surface area (Å²) in [4.78, 5) is 37.3. The Hall–Kier alpha value is -3.24. The number of carbonyl (C=O) groups excluding carboxylic acids is 3. The third kappa shape index (κ3) is 6.95. The SMILES string of the molecule is CCC[C@H]1C(=O)NC(COC(C)=O)(COC(C)=O)Cc2ccccc2CN1S(=O)(=O)c1ccc(C)cc1. The molecule has 3 rings (SSSR count). The van der Waals surface area contributed by atoms with Crippen molar-refractivity contribution in [1.29, 1.82) is 0 Å². The van der Waals surface area contributed by atoms with Gasteiger partial charge in [-0.25, -0.2) is 8.42 Å². The zero-order chi connectivity index (χ0) is 27.2. The highest BCUT2D eigenvalue weighted by Gasteiger charge is 2.43. The number of nitrogens with one attached hydrogen (secondary N) is 1. The second-order valence-corrected chi connectivity index (χ2v) is 11.3. The number of hydrogen-bond donors (Lipinski definition) is 1. The van der Waals surface area contributed by atoms with Crippen molar-refractivity contribution in [2.75, 3.05) is 13.2 Å². The van der Waals surface area contributed by atoms with E-state index in [4.69, 9.17) is 9.47 Å². The minimum Gasteiger partial charge on any atom is -0.463 e. The Labute approximate surface area is 218 Å². The van der Waals surface area contributed by atoms with E-state index in [1.54, 1.807) is 18.2 Å². The van der Waals surface area contributed by atoms with Crippen molar-refractivity contribution in [2.45, 2.75) is 70.0 Å². The van der Waals surface area contributed by atoms with Crippen LogP contribution in [0.25, 0.3) is 0 Å². The molecular formula is C27H34N2O7S. The van der Waals surface area contributed by atoms with Crippen LogP contribution in [0, 0.1) is 6.92 Å². The number of benzene rings is 2. The van der Waals surface area contributed by atoms with Crippen LogP contribution >= 0.6 is 0 Å². The molecule has 0 aliphatic carbocycles. The molecule has 0 aromatic heterocycles. The Morgan fingerprint density at radius 3 is 2.11 bits per heavy atom. The molecule has 0 radical (unpaired) electrons. The first-order valence-electron chi connectivity index (χ1n) is 12.2. The normalized spacial score (nSPS) is 17.9. The number of sulfonamides is 1. The topological polar surface area (TPSA) is 119 Å². The van der Waals surface area contributed by atoms with Gasteiger partial charge in [0.25, 0.3) is 0 Å². The summed E-state index contributed by atoms with van der Waals surface area (Å²) in [5.41, 5.74) is 1.06. The lowest BCUT2D eigenvalue weighted by atomic mass is 9.89. The Bertz CT molecular complexity index is 1220. The summed E-state index contributed by atoms with van der Waals surface area (Å²) in [5.74, 6) is -1.67. The maximum atomic E-state index is 13.9. The van der Waals surface area contributed by atoms with Gasteiger partial charge in [-0.1, -0.05) is 55.3 Å². The largest absolute Gasteiger partial charge is 0.463 e. The van der Waals surface area contributed by atoms with Gasteiger partial charge in [-0.2, -0.15) is 4.31 Å². The number of carbonyl (C=O) groups is 3.